The molecule has 3 heteroatoms. The van der Waals surface area contributed by atoms with Crippen LogP contribution in [0.15, 0.2) is 12.1 Å². The van der Waals surface area contributed by atoms with E-state index in [1.807, 2.05) is 13.0 Å². The summed E-state index contributed by atoms with van der Waals surface area (Å²) in [6.07, 6.45) is 18.0. The van der Waals surface area contributed by atoms with Crippen LogP contribution in [0.4, 0.5) is 0 Å². The van der Waals surface area contributed by atoms with Crippen LogP contribution < -0.4 is 6.15 Å². The Bertz CT molecular complexity index is 542. The van der Waals surface area contributed by atoms with E-state index in [9.17, 15) is 4.79 Å². The molecular formula is C25H44ClNO. The first-order chi connectivity index (χ1) is 13.1. The van der Waals surface area contributed by atoms with Crippen LogP contribution in [0.1, 0.15) is 124 Å². The Morgan fingerprint density at radius 1 is 0.786 bits per heavy atom. The Balaban J connectivity index is 0.00000729. The molecule has 0 aliphatic rings. The molecule has 3 N–H and O–H groups in total. The summed E-state index contributed by atoms with van der Waals surface area (Å²) < 4.78 is 0. The highest BCUT2D eigenvalue weighted by molar-refractivity contribution is 6.18. The number of benzene rings is 1. The highest BCUT2D eigenvalue weighted by atomic mass is 35.5. The third-order valence-corrected chi connectivity index (χ3v) is 6.04. The summed E-state index contributed by atoms with van der Waals surface area (Å²) in [6.45, 7) is 6.38. The van der Waals surface area contributed by atoms with Crippen molar-refractivity contribution in [3.05, 3.63) is 34.4 Å². The maximum atomic E-state index is 12.6. The van der Waals surface area contributed by atoms with Crippen LogP contribution in [-0.2, 0) is 5.88 Å². The maximum Gasteiger partial charge on any atom is 0.163 e. The van der Waals surface area contributed by atoms with Gasteiger partial charge in [0.15, 0.2) is 5.78 Å². The van der Waals surface area contributed by atoms with Crippen molar-refractivity contribution in [3.8, 4) is 0 Å². The van der Waals surface area contributed by atoms with E-state index in [0.29, 0.717) is 12.3 Å². The van der Waals surface area contributed by atoms with Gasteiger partial charge in [0.2, 0.25) is 0 Å². The lowest BCUT2D eigenvalue weighted by Crippen LogP contribution is -2.07. The van der Waals surface area contributed by atoms with Crippen LogP contribution >= 0.6 is 11.6 Å². The van der Waals surface area contributed by atoms with Gasteiger partial charge in [-0.1, -0.05) is 96.1 Å². The molecule has 1 aromatic rings. The normalized spacial score (nSPS) is 10.7. The summed E-state index contributed by atoms with van der Waals surface area (Å²) >= 11 is 6.03. The molecule has 2 nitrogen and oxygen atoms in total. The zero-order valence-electron chi connectivity index (χ0n) is 18.8. The largest absolute Gasteiger partial charge is 0.344 e. The average molecular weight is 410 g/mol. The van der Waals surface area contributed by atoms with Crippen LogP contribution in [0.3, 0.4) is 0 Å². The Hall–Kier alpha value is -0.860. The first-order valence-electron chi connectivity index (χ1n) is 11.3. The van der Waals surface area contributed by atoms with Crippen molar-refractivity contribution in [2.45, 2.75) is 117 Å². The van der Waals surface area contributed by atoms with Gasteiger partial charge in [-0.25, -0.2) is 0 Å². The lowest BCUT2D eigenvalue weighted by Gasteiger charge is -2.12. The fourth-order valence-electron chi connectivity index (χ4n) is 3.80. The molecule has 0 aromatic heterocycles. The smallest absolute Gasteiger partial charge is 0.163 e. The number of ketones is 1. The summed E-state index contributed by atoms with van der Waals surface area (Å²) in [5, 5.41) is 0. The Kier molecular flexibility index (Phi) is 16.5. The molecule has 0 amide bonds. The van der Waals surface area contributed by atoms with Gasteiger partial charge >= 0.3 is 0 Å². The average Bonchev–Trinajstić information content (AvgIpc) is 2.67. The zero-order chi connectivity index (χ0) is 19.9. The van der Waals surface area contributed by atoms with E-state index in [0.717, 1.165) is 23.1 Å². The topological polar surface area (TPSA) is 52.1 Å². The van der Waals surface area contributed by atoms with Crippen molar-refractivity contribution < 1.29 is 4.79 Å². The molecule has 0 fully saturated rings. The quantitative estimate of drug-likeness (QED) is 0.168. The number of carbonyl (C=O) groups excluding carboxylic acids is 1. The first kappa shape index (κ1) is 27.1. The first-order valence-corrected chi connectivity index (χ1v) is 11.8. The summed E-state index contributed by atoms with van der Waals surface area (Å²) in [7, 11) is 0. The predicted octanol–water partition coefficient (Wildman–Crippen LogP) is 8.87. The molecule has 0 atom stereocenters. The van der Waals surface area contributed by atoms with Gasteiger partial charge < -0.3 is 6.15 Å². The monoisotopic (exact) mass is 409 g/mol. The number of alkyl halides is 1. The van der Waals surface area contributed by atoms with E-state index in [1.165, 1.54) is 82.6 Å². The van der Waals surface area contributed by atoms with E-state index in [2.05, 4.69) is 19.9 Å². The van der Waals surface area contributed by atoms with Crippen molar-refractivity contribution in [2.75, 3.05) is 0 Å². The molecule has 1 rings (SSSR count). The van der Waals surface area contributed by atoms with E-state index in [-0.39, 0.29) is 11.9 Å². The van der Waals surface area contributed by atoms with E-state index in [4.69, 9.17) is 11.6 Å². The van der Waals surface area contributed by atoms with Crippen molar-refractivity contribution in [2.24, 2.45) is 0 Å². The third kappa shape index (κ3) is 10.6. The number of hydrogen-bond donors (Lipinski definition) is 1. The van der Waals surface area contributed by atoms with Crippen LogP contribution in [0.5, 0.6) is 0 Å². The van der Waals surface area contributed by atoms with Crippen LogP contribution in [0, 0.1) is 13.8 Å². The fraction of sp³-hybridized carbons (Fsp3) is 0.720. The minimum Gasteiger partial charge on any atom is -0.344 e. The van der Waals surface area contributed by atoms with Crippen molar-refractivity contribution >= 4 is 17.4 Å². The maximum absolute atomic E-state index is 12.6. The third-order valence-electron chi connectivity index (χ3n) is 5.75. The molecule has 0 radical (unpaired) electrons. The van der Waals surface area contributed by atoms with Crippen LogP contribution in [-0.4, -0.2) is 5.78 Å². The van der Waals surface area contributed by atoms with Crippen LogP contribution in [0.25, 0.3) is 0 Å². The van der Waals surface area contributed by atoms with Crippen molar-refractivity contribution in [1.82, 2.24) is 6.15 Å². The van der Waals surface area contributed by atoms with Gasteiger partial charge in [-0.15, -0.1) is 11.6 Å². The van der Waals surface area contributed by atoms with Gasteiger partial charge in [0.25, 0.3) is 0 Å². The van der Waals surface area contributed by atoms with Crippen LogP contribution in [0.2, 0.25) is 0 Å². The number of carbonyl (C=O) groups is 1. The van der Waals surface area contributed by atoms with Gasteiger partial charge in [-0.2, -0.15) is 0 Å². The number of unbranched alkanes of at least 4 members (excludes halogenated alkanes) is 12. The molecule has 0 saturated carbocycles. The molecule has 0 spiro atoms. The fourth-order valence-corrected chi connectivity index (χ4v) is 4.02. The van der Waals surface area contributed by atoms with Crippen molar-refractivity contribution in [1.29, 1.82) is 0 Å². The second-order valence-corrected chi connectivity index (χ2v) is 8.36. The van der Waals surface area contributed by atoms with Gasteiger partial charge in [0.05, 0.1) is 0 Å². The molecule has 162 valence electrons. The SMILES string of the molecule is CCCCCCCCCCCCCCCC(=O)c1c(CCl)ccc(C)c1C.N. The second-order valence-electron chi connectivity index (χ2n) is 8.09. The number of halogens is 1. The summed E-state index contributed by atoms with van der Waals surface area (Å²) in [5.41, 5.74) is 4.15. The Labute approximate surface area is 179 Å². The van der Waals surface area contributed by atoms with E-state index in [1.54, 1.807) is 0 Å². The highest BCUT2D eigenvalue weighted by Gasteiger charge is 2.14. The van der Waals surface area contributed by atoms with E-state index >= 15 is 0 Å². The van der Waals surface area contributed by atoms with Gasteiger partial charge in [0, 0.05) is 17.9 Å². The molecule has 0 unspecified atom stereocenters. The molecule has 28 heavy (non-hydrogen) atoms. The molecule has 0 saturated heterocycles. The highest BCUT2D eigenvalue weighted by Crippen LogP contribution is 2.23. The molecule has 1 aromatic carbocycles. The standard InChI is InChI=1S/C25H41ClO.H3N/c1-4-5-6-7-8-9-10-11-12-13-14-15-16-17-24(27)25-22(3)21(2)18-19-23(25)20-26;/h18-19H,4-17,20H2,1-3H3;1H3. The summed E-state index contributed by atoms with van der Waals surface area (Å²) in [4.78, 5) is 12.6. The molecule has 0 bridgehead atoms. The van der Waals surface area contributed by atoms with Gasteiger partial charge in [0.1, 0.15) is 0 Å². The molecule has 0 heterocycles. The number of hydrogen-bond acceptors (Lipinski definition) is 2. The van der Waals surface area contributed by atoms with E-state index < -0.39 is 0 Å². The molecule has 0 aliphatic heterocycles. The zero-order valence-corrected chi connectivity index (χ0v) is 19.5. The number of aryl methyl sites for hydroxylation is 1. The Morgan fingerprint density at radius 3 is 1.71 bits per heavy atom. The summed E-state index contributed by atoms with van der Waals surface area (Å²) in [5.74, 6) is 0.691. The number of rotatable bonds is 16. The molecule has 0 aliphatic carbocycles. The van der Waals surface area contributed by atoms with Gasteiger partial charge in [-0.3, -0.25) is 4.79 Å². The molecular weight excluding hydrogens is 366 g/mol. The lowest BCUT2D eigenvalue weighted by atomic mass is 9.93. The minimum atomic E-state index is 0. The lowest BCUT2D eigenvalue weighted by molar-refractivity contribution is 0.0977. The Morgan fingerprint density at radius 2 is 1.25 bits per heavy atom. The summed E-state index contributed by atoms with van der Waals surface area (Å²) in [6, 6.07) is 4.07. The number of Topliss-reactive ketones (excluding diaryl/α,β-unsaturated/α-hetero) is 1. The second kappa shape index (κ2) is 17.0. The van der Waals surface area contributed by atoms with Gasteiger partial charge in [-0.05, 0) is 37.0 Å². The minimum absolute atomic E-state index is 0. The van der Waals surface area contributed by atoms with Crippen molar-refractivity contribution in [3.63, 3.8) is 0 Å². The predicted molar refractivity (Wildman–Crippen MR) is 125 cm³/mol.